The van der Waals surface area contributed by atoms with E-state index >= 15 is 0 Å². The van der Waals surface area contributed by atoms with Gasteiger partial charge in [0.15, 0.2) is 0 Å². The van der Waals surface area contributed by atoms with Gasteiger partial charge in [0.1, 0.15) is 11.6 Å². The molecule has 1 saturated heterocycles. The highest BCUT2D eigenvalue weighted by atomic mass is 19.4. The molecule has 0 spiro atoms. The Labute approximate surface area is 275 Å². The molecule has 2 aromatic heterocycles. The van der Waals surface area contributed by atoms with Crippen LogP contribution >= 0.6 is 0 Å². The first-order valence-electron chi connectivity index (χ1n) is 15.3. The number of carbonyl (C=O) groups is 1. The monoisotopic (exact) mass is 657 g/mol. The van der Waals surface area contributed by atoms with Crippen molar-refractivity contribution < 1.29 is 27.4 Å². The first-order valence-corrected chi connectivity index (χ1v) is 15.3. The van der Waals surface area contributed by atoms with E-state index in [1.54, 1.807) is 37.7 Å². The molecule has 1 aliphatic heterocycles. The Balaban J connectivity index is 1.34. The van der Waals surface area contributed by atoms with E-state index in [2.05, 4.69) is 30.5 Å². The molecule has 3 heterocycles. The lowest BCUT2D eigenvalue weighted by atomic mass is 9.91. The number of ether oxygens (including phenoxy) is 2. The molecule has 0 radical (unpaired) electrons. The third kappa shape index (κ3) is 7.16. The molecule has 0 saturated carbocycles. The minimum absolute atomic E-state index is 0.0313. The minimum Gasteiger partial charge on any atom is -0.495 e. The van der Waals surface area contributed by atoms with Crippen LogP contribution in [0.2, 0.25) is 0 Å². The van der Waals surface area contributed by atoms with Crippen molar-refractivity contribution in [2.24, 2.45) is 0 Å². The standard InChI is InChI=1S/C35H34F3N7O3/c1-21-6-7-22(33(46)43-26-5-3-4-25(18-26)35(36,37)38)16-27(21)28-17-24-20-42-34(39)44-31(24)30(32(28)47-2)23-8-9-29(41-19-23)40-10-11-45-12-14-48-15-13-45/h3-9,16-20H,10-15H2,1-2H3,(H,40,41)(H,43,46)(H2,39,42,44). The van der Waals surface area contributed by atoms with E-state index in [0.29, 0.717) is 33.3 Å². The average Bonchev–Trinajstić information content (AvgIpc) is 3.08. The number of halogens is 3. The van der Waals surface area contributed by atoms with Gasteiger partial charge in [-0.25, -0.2) is 15.0 Å². The summed E-state index contributed by atoms with van der Waals surface area (Å²) in [4.78, 5) is 29.0. The number of nitrogens with one attached hydrogen (secondary N) is 2. The zero-order chi connectivity index (χ0) is 33.8. The SMILES string of the molecule is COc1c(-c2cc(C(=O)Nc3cccc(C(F)(F)F)c3)ccc2C)cc2cnc(N)nc2c1-c1ccc(NCCN2CCOCC2)nc1. The molecule has 1 fully saturated rings. The summed E-state index contributed by atoms with van der Waals surface area (Å²) in [6, 6.07) is 15.3. The number of anilines is 3. The highest BCUT2D eigenvalue weighted by Gasteiger charge is 2.30. The summed E-state index contributed by atoms with van der Waals surface area (Å²) in [5, 5.41) is 6.63. The Kier molecular flexibility index (Phi) is 9.42. The number of carbonyl (C=O) groups excluding carboxylic acids is 1. The smallest absolute Gasteiger partial charge is 0.416 e. The predicted octanol–water partition coefficient (Wildman–Crippen LogP) is 6.27. The van der Waals surface area contributed by atoms with Crippen LogP contribution in [0.5, 0.6) is 5.75 Å². The molecule has 10 nitrogen and oxygen atoms in total. The molecule has 5 aromatic rings. The van der Waals surface area contributed by atoms with Crippen molar-refractivity contribution in [3.8, 4) is 28.0 Å². The molecule has 0 atom stereocenters. The van der Waals surface area contributed by atoms with Gasteiger partial charge in [-0.2, -0.15) is 13.2 Å². The summed E-state index contributed by atoms with van der Waals surface area (Å²) in [7, 11) is 1.55. The van der Waals surface area contributed by atoms with Gasteiger partial charge in [-0.05, 0) is 66.6 Å². The lowest BCUT2D eigenvalue weighted by molar-refractivity contribution is -0.137. The van der Waals surface area contributed by atoms with Crippen molar-refractivity contribution in [3.63, 3.8) is 0 Å². The predicted molar refractivity (Wildman–Crippen MR) is 179 cm³/mol. The van der Waals surface area contributed by atoms with Crippen molar-refractivity contribution >= 4 is 34.3 Å². The number of aromatic nitrogens is 3. The van der Waals surface area contributed by atoms with E-state index in [1.807, 2.05) is 25.1 Å². The molecule has 3 aromatic carbocycles. The Morgan fingerprint density at radius 2 is 1.83 bits per heavy atom. The third-order valence-corrected chi connectivity index (χ3v) is 8.18. The van der Waals surface area contributed by atoms with Gasteiger partial charge < -0.3 is 25.8 Å². The maximum Gasteiger partial charge on any atom is 0.416 e. The number of aryl methyl sites for hydroxylation is 1. The van der Waals surface area contributed by atoms with Crippen LogP contribution in [0.1, 0.15) is 21.5 Å². The molecule has 6 rings (SSSR count). The van der Waals surface area contributed by atoms with Crippen molar-refractivity contribution in [1.29, 1.82) is 0 Å². The third-order valence-electron chi connectivity index (χ3n) is 8.18. The van der Waals surface area contributed by atoms with Gasteiger partial charge in [0.05, 0.1) is 37.0 Å². The van der Waals surface area contributed by atoms with Crippen molar-refractivity contribution in [1.82, 2.24) is 19.9 Å². The average molecular weight is 658 g/mol. The lowest BCUT2D eigenvalue weighted by Gasteiger charge is -2.26. The number of benzene rings is 3. The fourth-order valence-electron chi connectivity index (χ4n) is 5.70. The van der Waals surface area contributed by atoms with Crippen LogP contribution in [0.25, 0.3) is 33.2 Å². The number of hydrogen-bond acceptors (Lipinski definition) is 9. The number of nitrogen functional groups attached to an aromatic ring is 1. The minimum atomic E-state index is -4.54. The largest absolute Gasteiger partial charge is 0.495 e. The number of alkyl halides is 3. The Hall–Kier alpha value is -5.27. The molecule has 13 heteroatoms. The zero-order valence-corrected chi connectivity index (χ0v) is 26.4. The van der Waals surface area contributed by atoms with E-state index in [1.165, 1.54) is 12.1 Å². The van der Waals surface area contributed by atoms with Crippen LogP contribution in [0, 0.1) is 6.92 Å². The van der Waals surface area contributed by atoms with E-state index in [9.17, 15) is 18.0 Å². The number of nitrogens with two attached hydrogens (primary N) is 1. The van der Waals surface area contributed by atoms with Crippen molar-refractivity contribution in [2.45, 2.75) is 13.1 Å². The topological polar surface area (TPSA) is 128 Å². The van der Waals surface area contributed by atoms with Crippen LogP contribution in [0.3, 0.4) is 0 Å². The summed E-state index contributed by atoms with van der Waals surface area (Å²) in [5.41, 5.74) is 9.56. The van der Waals surface area contributed by atoms with Crippen LogP contribution in [0.4, 0.5) is 30.6 Å². The normalized spacial score (nSPS) is 13.8. The van der Waals surface area contributed by atoms with Crippen LogP contribution in [0.15, 0.2) is 73.1 Å². The molecule has 4 N–H and O–H groups in total. The van der Waals surface area contributed by atoms with Crippen molar-refractivity contribution in [3.05, 3.63) is 89.7 Å². The van der Waals surface area contributed by atoms with E-state index in [-0.39, 0.29) is 17.2 Å². The molecule has 0 aliphatic carbocycles. The summed E-state index contributed by atoms with van der Waals surface area (Å²) >= 11 is 0. The van der Waals surface area contributed by atoms with Gasteiger partial charge in [0, 0.05) is 66.3 Å². The highest BCUT2D eigenvalue weighted by molar-refractivity contribution is 6.07. The van der Waals surface area contributed by atoms with Gasteiger partial charge in [-0.1, -0.05) is 12.1 Å². The number of morpholine rings is 1. The Morgan fingerprint density at radius 3 is 2.56 bits per heavy atom. The maximum atomic E-state index is 13.3. The Morgan fingerprint density at radius 1 is 1.02 bits per heavy atom. The van der Waals surface area contributed by atoms with Gasteiger partial charge >= 0.3 is 6.18 Å². The van der Waals surface area contributed by atoms with Gasteiger partial charge in [0.25, 0.3) is 5.91 Å². The summed E-state index contributed by atoms with van der Waals surface area (Å²) < 4.78 is 51.2. The number of hydrogen-bond donors (Lipinski definition) is 3. The van der Waals surface area contributed by atoms with Crippen LogP contribution < -0.4 is 21.1 Å². The van der Waals surface area contributed by atoms with E-state index in [0.717, 1.165) is 68.5 Å². The van der Waals surface area contributed by atoms with Gasteiger partial charge in [-0.15, -0.1) is 0 Å². The fraction of sp³-hybridized carbons (Fsp3) is 0.257. The molecule has 248 valence electrons. The molecule has 0 unspecified atom stereocenters. The molecular weight excluding hydrogens is 623 g/mol. The second-order valence-corrected chi connectivity index (χ2v) is 11.4. The lowest BCUT2D eigenvalue weighted by Crippen LogP contribution is -2.39. The number of rotatable bonds is 9. The van der Waals surface area contributed by atoms with Gasteiger partial charge in [-0.3, -0.25) is 9.69 Å². The number of nitrogens with zero attached hydrogens (tertiary/aromatic N) is 4. The second kappa shape index (κ2) is 13.8. The van der Waals surface area contributed by atoms with E-state index in [4.69, 9.17) is 15.2 Å². The highest BCUT2D eigenvalue weighted by Crippen LogP contribution is 2.44. The van der Waals surface area contributed by atoms with Gasteiger partial charge in [0.2, 0.25) is 5.95 Å². The number of pyridine rings is 1. The summed E-state index contributed by atoms with van der Waals surface area (Å²) in [5.74, 6) is 0.731. The number of fused-ring (bicyclic) bond motifs is 1. The zero-order valence-electron chi connectivity index (χ0n) is 26.4. The molecule has 0 bridgehead atoms. The molecule has 1 aliphatic rings. The van der Waals surface area contributed by atoms with Crippen molar-refractivity contribution in [2.75, 3.05) is 62.9 Å². The first kappa shape index (κ1) is 32.7. The fourth-order valence-corrected chi connectivity index (χ4v) is 5.70. The molecule has 1 amide bonds. The van der Waals surface area contributed by atoms with Crippen LogP contribution in [-0.2, 0) is 10.9 Å². The second-order valence-electron chi connectivity index (χ2n) is 11.4. The van der Waals surface area contributed by atoms with E-state index < -0.39 is 17.6 Å². The van der Waals surface area contributed by atoms with Crippen LogP contribution in [-0.4, -0.2) is 72.3 Å². The summed E-state index contributed by atoms with van der Waals surface area (Å²) in [6.45, 7) is 6.80. The number of amides is 1. The summed E-state index contributed by atoms with van der Waals surface area (Å²) in [6.07, 6.45) is -1.17. The molecular formula is C35H34F3N7O3. The maximum absolute atomic E-state index is 13.3. The molecule has 48 heavy (non-hydrogen) atoms. The quantitative estimate of drug-likeness (QED) is 0.168. The Bertz CT molecular complexity index is 1950. The first-order chi connectivity index (χ1) is 23.1. The number of methoxy groups -OCH3 is 1.